The van der Waals surface area contributed by atoms with Crippen LogP contribution in [0, 0.1) is 10.1 Å². The van der Waals surface area contributed by atoms with E-state index in [9.17, 15) is 19.7 Å². The predicted molar refractivity (Wildman–Crippen MR) is 119 cm³/mol. The molecule has 0 aliphatic heterocycles. The number of carbonyl (C=O) groups excluding carboxylic acids is 2. The fourth-order valence-electron chi connectivity index (χ4n) is 2.42. The van der Waals surface area contributed by atoms with Crippen LogP contribution in [-0.2, 0) is 9.59 Å². The van der Waals surface area contributed by atoms with E-state index in [4.69, 9.17) is 25.5 Å². The van der Waals surface area contributed by atoms with E-state index in [0.717, 1.165) is 6.07 Å². The summed E-state index contributed by atoms with van der Waals surface area (Å²) in [6, 6.07) is 13.6. The van der Waals surface area contributed by atoms with Crippen molar-refractivity contribution in [3.63, 3.8) is 0 Å². The number of rotatable bonds is 9. The summed E-state index contributed by atoms with van der Waals surface area (Å²) in [6.07, 6.45) is 5.59. The number of hydrogen-bond acceptors (Lipinski definition) is 8. The smallest absolute Gasteiger partial charge is 0.336 e. The molecule has 33 heavy (non-hydrogen) atoms. The molecule has 0 atom stereocenters. The van der Waals surface area contributed by atoms with Crippen molar-refractivity contribution in [2.75, 3.05) is 6.61 Å². The molecular weight excluding hydrogens is 454 g/mol. The molecule has 0 bridgehead atoms. The molecule has 0 saturated carbocycles. The van der Waals surface area contributed by atoms with Crippen LogP contribution >= 0.6 is 11.6 Å². The van der Waals surface area contributed by atoms with Crippen molar-refractivity contribution >= 4 is 41.5 Å². The summed E-state index contributed by atoms with van der Waals surface area (Å²) >= 11 is 5.73. The van der Waals surface area contributed by atoms with E-state index in [-0.39, 0.29) is 16.5 Å². The van der Waals surface area contributed by atoms with Crippen LogP contribution in [0.5, 0.6) is 11.5 Å². The largest absolute Gasteiger partial charge is 0.477 e. The highest BCUT2D eigenvalue weighted by Gasteiger charge is 2.16. The maximum absolute atomic E-state index is 11.9. The van der Waals surface area contributed by atoms with Gasteiger partial charge in [-0.05, 0) is 60.2 Å². The Hall–Kier alpha value is -4.44. The van der Waals surface area contributed by atoms with E-state index in [1.54, 1.807) is 36.4 Å². The lowest BCUT2D eigenvalue weighted by molar-refractivity contribution is -0.385. The number of ether oxygens (including phenoxy) is 2. The Labute approximate surface area is 192 Å². The molecular formula is C22H16ClN3O7. The molecule has 3 aromatic rings. The summed E-state index contributed by atoms with van der Waals surface area (Å²) in [5, 5.41) is 15.0. The highest BCUT2D eigenvalue weighted by molar-refractivity contribution is 6.30. The fraction of sp³-hybridized carbons (Fsp3) is 0.0455. The van der Waals surface area contributed by atoms with Crippen LogP contribution in [0.3, 0.4) is 0 Å². The van der Waals surface area contributed by atoms with Crippen molar-refractivity contribution in [3.8, 4) is 11.5 Å². The van der Waals surface area contributed by atoms with Gasteiger partial charge in [0.25, 0.3) is 5.91 Å². The number of hydrazone groups is 1. The molecule has 0 saturated heterocycles. The van der Waals surface area contributed by atoms with Crippen molar-refractivity contribution in [3.05, 3.63) is 93.4 Å². The summed E-state index contributed by atoms with van der Waals surface area (Å²) in [7, 11) is 0. The summed E-state index contributed by atoms with van der Waals surface area (Å²) in [5.41, 5.74) is 2.51. The molecule has 0 fully saturated rings. The third kappa shape index (κ3) is 7.33. The molecule has 0 spiro atoms. The number of halogens is 1. The van der Waals surface area contributed by atoms with E-state index >= 15 is 0 Å². The fourth-order valence-corrected chi connectivity index (χ4v) is 2.58. The average molecular weight is 470 g/mol. The van der Waals surface area contributed by atoms with Gasteiger partial charge in [-0.1, -0.05) is 11.6 Å². The second-order valence-electron chi connectivity index (χ2n) is 6.29. The first-order valence-electron chi connectivity index (χ1n) is 9.33. The van der Waals surface area contributed by atoms with Crippen LogP contribution in [0.1, 0.15) is 11.3 Å². The van der Waals surface area contributed by atoms with Gasteiger partial charge in [-0.25, -0.2) is 10.2 Å². The van der Waals surface area contributed by atoms with Crippen LogP contribution in [0.2, 0.25) is 5.02 Å². The summed E-state index contributed by atoms with van der Waals surface area (Å²) in [6.45, 7) is -0.486. The van der Waals surface area contributed by atoms with Gasteiger partial charge >= 0.3 is 11.7 Å². The Morgan fingerprint density at radius 3 is 2.67 bits per heavy atom. The molecule has 1 aromatic heterocycles. The molecule has 1 N–H and O–H groups in total. The number of nitrogens with one attached hydrogen (secondary N) is 1. The third-order valence-electron chi connectivity index (χ3n) is 3.90. The number of nitro benzene ring substituents is 1. The number of benzene rings is 2. The van der Waals surface area contributed by atoms with Crippen LogP contribution in [0.25, 0.3) is 6.08 Å². The normalized spacial score (nSPS) is 10.9. The topological polar surface area (TPSA) is 133 Å². The van der Waals surface area contributed by atoms with Gasteiger partial charge in [0, 0.05) is 17.2 Å². The molecule has 10 nitrogen and oxygen atoms in total. The van der Waals surface area contributed by atoms with Gasteiger partial charge in [-0.15, -0.1) is 0 Å². The minimum Gasteiger partial charge on any atom is -0.477 e. The Bertz CT molecular complexity index is 1190. The molecule has 0 aliphatic carbocycles. The van der Waals surface area contributed by atoms with Gasteiger partial charge in [-0.3, -0.25) is 14.9 Å². The van der Waals surface area contributed by atoms with Crippen LogP contribution in [0.15, 0.2) is 76.5 Å². The first-order valence-corrected chi connectivity index (χ1v) is 9.70. The summed E-state index contributed by atoms with van der Waals surface area (Å²) in [4.78, 5) is 34.0. The van der Waals surface area contributed by atoms with Crippen molar-refractivity contribution in [2.45, 2.75) is 0 Å². The van der Waals surface area contributed by atoms with E-state index in [0.29, 0.717) is 17.1 Å². The van der Waals surface area contributed by atoms with Gasteiger partial charge in [0.1, 0.15) is 11.5 Å². The number of carbonyl (C=O) groups is 2. The molecule has 1 amide bonds. The maximum atomic E-state index is 11.9. The van der Waals surface area contributed by atoms with Crippen molar-refractivity contribution in [1.29, 1.82) is 0 Å². The van der Waals surface area contributed by atoms with Gasteiger partial charge < -0.3 is 13.9 Å². The number of esters is 1. The standard InChI is InChI=1S/C22H16ClN3O7/c23-16-5-9-20(19(12-16)26(29)30)32-14-21(27)25-24-13-15-3-6-18(7-4-15)33-22(28)10-8-17-2-1-11-31-17/h1-13H,14H2,(H,25,27)/b10-8+,24-13-. The van der Waals surface area contributed by atoms with E-state index in [2.05, 4.69) is 10.5 Å². The lowest BCUT2D eigenvalue weighted by atomic mass is 10.2. The van der Waals surface area contributed by atoms with Gasteiger partial charge in [-0.2, -0.15) is 5.10 Å². The molecule has 1 heterocycles. The highest BCUT2D eigenvalue weighted by Crippen LogP contribution is 2.29. The second-order valence-corrected chi connectivity index (χ2v) is 6.73. The van der Waals surface area contributed by atoms with Gasteiger partial charge in [0.15, 0.2) is 12.4 Å². The van der Waals surface area contributed by atoms with E-state index < -0.39 is 23.4 Å². The lowest BCUT2D eigenvalue weighted by Gasteiger charge is -2.06. The average Bonchev–Trinajstić information content (AvgIpc) is 3.32. The van der Waals surface area contributed by atoms with Crippen molar-refractivity contribution < 1.29 is 28.4 Å². The molecule has 11 heteroatoms. The Morgan fingerprint density at radius 2 is 1.97 bits per heavy atom. The number of furan rings is 1. The molecule has 0 aliphatic rings. The number of nitrogens with zero attached hydrogens (tertiary/aromatic N) is 2. The number of amides is 1. The molecule has 0 unspecified atom stereocenters. The third-order valence-corrected chi connectivity index (χ3v) is 4.14. The van der Waals surface area contributed by atoms with E-state index in [1.165, 1.54) is 36.8 Å². The van der Waals surface area contributed by atoms with Crippen LogP contribution in [0.4, 0.5) is 5.69 Å². The van der Waals surface area contributed by atoms with E-state index in [1.807, 2.05) is 0 Å². The number of hydrogen-bond donors (Lipinski definition) is 1. The SMILES string of the molecule is O=C(COc1ccc(Cl)cc1[N+](=O)[O-])N/N=C\c1ccc(OC(=O)/C=C/c2ccco2)cc1. The molecule has 2 aromatic carbocycles. The zero-order chi connectivity index (χ0) is 23.6. The van der Waals surface area contributed by atoms with Crippen molar-refractivity contribution in [1.82, 2.24) is 5.43 Å². The van der Waals surface area contributed by atoms with Crippen LogP contribution in [-0.4, -0.2) is 29.6 Å². The Morgan fingerprint density at radius 1 is 1.18 bits per heavy atom. The summed E-state index contributed by atoms with van der Waals surface area (Å²) < 4.78 is 15.4. The number of nitro groups is 1. The molecule has 0 radical (unpaired) electrons. The van der Waals surface area contributed by atoms with Gasteiger partial charge in [0.2, 0.25) is 0 Å². The molecule has 168 valence electrons. The monoisotopic (exact) mass is 469 g/mol. The minimum absolute atomic E-state index is 0.0901. The zero-order valence-corrected chi connectivity index (χ0v) is 17.6. The molecule has 3 rings (SSSR count). The van der Waals surface area contributed by atoms with Gasteiger partial charge in [0.05, 0.1) is 17.4 Å². The quantitative estimate of drug-likeness (QED) is 0.125. The first kappa shape index (κ1) is 23.2. The first-order chi connectivity index (χ1) is 15.9. The highest BCUT2D eigenvalue weighted by atomic mass is 35.5. The maximum Gasteiger partial charge on any atom is 0.336 e. The predicted octanol–water partition coefficient (Wildman–Crippen LogP) is 3.99. The minimum atomic E-state index is -0.659. The van der Waals surface area contributed by atoms with Crippen LogP contribution < -0.4 is 14.9 Å². The Kier molecular flexibility index (Phi) is 7.92. The summed E-state index contributed by atoms with van der Waals surface area (Å²) in [5.74, 6) is -0.432. The van der Waals surface area contributed by atoms with Crippen molar-refractivity contribution in [2.24, 2.45) is 5.10 Å². The zero-order valence-electron chi connectivity index (χ0n) is 16.8. The lowest BCUT2D eigenvalue weighted by Crippen LogP contribution is -2.24. The second kappa shape index (κ2) is 11.3. The Balaban J connectivity index is 1.46.